The summed E-state index contributed by atoms with van der Waals surface area (Å²) < 4.78 is 5.22. The third-order valence-electron chi connectivity index (χ3n) is 3.42. The second kappa shape index (κ2) is 6.79. The number of anilines is 4. The molecular formula is C18H18N4O. The number of aryl methyl sites for hydroxylation is 1. The molecule has 0 aliphatic heterocycles. The van der Waals surface area contributed by atoms with Crippen LogP contribution in [0, 0.1) is 6.92 Å². The van der Waals surface area contributed by atoms with Gasteiger partial charge in [0.1, 0.15) is 23.7 Å². The molecular weight excluding hydrogens is 288 g/mol. The van der Waals surface area contributed by atoms with Crippen LogP contribution in [0.2, 0.25) is 0 Å². The lowest BCUT2D eigenvalue weighted by atomic mass is 10.2. The van der Waals surface area contributed by atoms with E-state index >= 15 is 0 Å². The lowest BCUT2D eigenvalue weighted by Gasteiger charge is -2.11. The predicted molar refractivity (Wildman–Crippen MR) is 92.8 cm³/mol. The number of nitrogens with one attached hydrogen (secondary N) is 2. The normalized spacial score (nSPS) is 10.2. The predicted octanol–water partition coefficient (Wildman–Crippen LogP) is 4.28. The topological polar surface area (TPSA) is 59.1 Å². The number of hydrogen-bond acceptors (Lipinski definition) is 5. The number of ether oxygens (including phenoxy) is 1. The lowest BCUT2D eigenvalue weighted by molar-refractivity contribution is 0.415. The van der Waals surface area contributed by atoms with Gasteiger partial charge in [0.15, 0.2) is 0 Å². The molecule has 0 amide bonds. The minimum absolute atomic E-state index is 0.712. The van der Waals surface area contributed by atoms with E-state index in [-0.39, 0.29) is 0 Å². The van der Waals surface area contributed by atoms with Gasteiger partial charge in [-0.1, -0.05) is 24.3 Å². The molecule has 5 nitrogen and oxygen atoms in total. The molecule has 0 bridgehead atoms. The maximum atomic E-state index is 5.22. The minimum Gasteiger partial charge on any atom is -0.497 e. The van der Waals surface area contributed by atoms with Gasteiger partial charge in [0.05, 0.1) is 7.11 Å². The number of nitrogens with zero attached hydrogens (tertiary/aromatic N) is 2. The van der Waals surface area contributed by atoms with Crippen LogP contribution in [0.5, 0.6) is 5.75 Å². The quantitative estimate of drug-likeness (QED) is 0.736. The van der Waals surface area contributed by atoms with Gasteiger partial charge in [-0.15, -0.1) is 0 Å². The molecule has 0 radical (unpaired) electrons. The summed E-state index contributed by atoms with van der Waals surface area (Å²) in [6, 6.07) is 17.6. The molecule has 3 rings (SSSR count). The summed E-state index contributed by atoms with van der Waals surface area (Å²) in [4.78, 5) is 8.52. The van der Waals surface area contributed by atoms with Crippen molar-refractivity contribution in [3.05, 3.63) is 66.5 Å². The van der Waals surface area contributed by atoms with E-state index < -0.39 is 0 Å². The number of benzene rings is 2. The van der Waals surface area contributed by atoms with Gasteiger partial charge < -0.3 is 15.4 Å². The Morgan fingerprint density at radius 2 is 1.65 bits per heavy atom. The van der Waals surface area contributed by atoms with Crippen LogP contribution < -0.4 is 15.4 Å². The first kappa shape index (κ1) is 14.8. The van der Waals surface area contributed by atoms with Gasteiger partial charge in [-0.05, 0) is 30.7 Å². The molecule has 0 spiro atoms. The van der Waals surface area contributed by atoms with Crippen molar-refractivity contribution in [2.24, 2.45) is 0 Å². The number of para-hydroxylation sites is 1. The second-order valence-electron chi connectivity index (χ2n) is 5.09. The van der Waals surface area contributed by atoms with Gasteiger partial charge in [-0.3, -0.25) is 0 Å². The highest BCUT2D eigenvalue weighted by Crippen LogP contribution is 2.23. The van der Waals surface area contributed by atoms with E-state index in [2.05, 4.69) is 33.6 Å². The molecule has 2 aromatic carbocycles. The average Bonchev–Trinajstić information content (AvgIpc) is 2.57. The molecule has 0 saturated heterocycles. The fourth-order valence-corrected chi connectivity index (χ4v) is 2.19. The van der Waals surface area contributed by atoms with Crippen molar-refractivity contribution in [3.63, 3.8) is 0 Å². The Hall–Kier alpha value is -3.08. The molecule has 0 saturated carbocycles. The monoisotopic (exact) mass is 306 g/mol. The SMILES string of the molecule is COc1cccc(Nc2cc(Nc3ccccc3C)ncn2)c1. The van der Waals surface area contributed by atoms with Crippen molar-refractivity contribution >= 4 is 23.0 Å². The fourth-order valence-electron chi connectivity index (χ4n) is 2.19. The zero-order valence-corrected chi connectivity index (χ0v) is 13.1. The van der Waals surface area contributed by atoms with Crippen molar-refractivity contribution in [1.29, 1.82) is 0 Å². The largest absolute Gasteiger partial charge is 0.497 e. The highest BCUT2D eigenvalue weighted by molar-refractivity contribution is 5.65. The summed E-state index contributed by atoms with van der Waals surface area (Å²) in [5.41, 5.74) is 3.09. The van der Waals surface area contributed by atoms with Gasteiger partial charge in [-0.25, -0.2) is 9.97 Å². The van der Waals surface area contributed by atoms with E-state index in [1.807, 2.05) is 48.5 Å². The first-order chi connectivity index (χ1) is 11.2. The van der Waals surface area contributed by atoms with Crippen LogP contribution in [0.1, 0.15) is 5.56 Å². The summed E-state index contributed by atoms with van der Waals surface area (Å²) >= 11 is 0. The zero-order valence-electron chi connectivity index (χ0n) is 13.1. The van der Waals surface area contributed by atoms with Crippen LogP contribution in [-0.2, 0) is 0 Å². The van der Waals surface area contributed by atoms with Crippen molar-refractivity contribution in [2.75, 3.05) is 17.7 Å². The molecule has 1 heterocycles. The van der Waals surface area contributed by atoms with Gasteiger partial charge in [0, 0.05) is 23.5 Å². The second-order valence-corrected chi connectivity index (χ2v) is 5.09. The van der Waals surface area contributed by atoms with E-state index in [0.29, 0.717) is 5.82 Å². The van der Waals surface area contributed by atoms with Crippen molar-refractivity contribution in [3.8, 4) is 5.75 Å². The molecule has 0 atom stereocenters. The van der Waals surface area contributed by atoms with Crippen LogP contribution in [0.3, 0.4) is 0 Å². The molecule has 116 valence electrons. The maximum Gasteiger partial charge on any atom is 0.135 e. The summed E-state index contributed by atoms with van der Waals surface area (Å²) in [5, 5.41) is 6.55. The number of rotatable bonds is 5. The third-order valence-corrected chi connectivity index (χ3v) is 3.42. The van der Waals surface area contributed by atoms with Crippen LogP contribution in [-0.4, -0.2) is 17.1 Å². The van der Waals surface area contributed by atoms with E-state index in [9.17, 15) is 0 Å². The Morgan fingerprint density at radius 1 is 0.870 bits per heavy atom. The molecule has 1 aromatic heterocycles. The molecule has 0 unspecified atom stereocenters. The van der Waals surface area contributed by atoms with E-state index in [1.165, 1.54) is 6.33 Å². The fraction of sp³-hybridized carbons (Fsp3) is 0.111. The van der Waals surface area contributed by atoms with Gasteiger partial charge in [0.2, 0.25) is 0 Å². The molecule has 3 aromatic rings. The van der Waals surface area contributed by atoms with Crippen LogP contribution in [0.4, 0.5) is 23.0 Å². The van der Waals surface area contributed by atoms with Crippen molar-refractivity contribution < 1.29 is 4.74 Å². The molecule has 5 heteroatoms. The Balaban J connectivity index is 1.78. The lowest BCUT2D eigenvalue weighted by Crippen LogP contribution is -1.99. The van der Waals surface area contributed by atoms with Gasteiger partial charge in [-0.2, -0.15) is 0 Å². The molecule has 0 aliphatic rings. The first-order valence-corrected chi connectivity index (χ1v) is 7.30. The summed E-state index contributed by atoms with van der Waals surface area (Å²) in [6.45, 7) is 2.05. The van der Waals surface area contributed by atoms with E-state index in [4.69, 9.17) is 4.74 Å². The molecule has 0 aliphatic carbocycles. The number of methoxy groups -OCH3 is 1. The van der Waals surface area contributed by atoms with Gasteiger partial charge in [0.25, 0.3) is 0 Å². The van der Waals surface area contributed by atoms with Crippen molar-refractivity contribution in [1.82, 2.24) is 9.97 Å². The standard InChI is InChI=1S/C18H18N4O/c1-13-6-3-4-9-16(13)22-18-11-17(19-12-20-18)21-14-7-5-8-15(10-14)23-2/h3-12H,1-2H3,(H2,19,20,21,22). The maximum absolute atomic E-state index is 5.22. The highest BCUT2D eigenvalue weighted by Gasteiger charge is 2.03. The van der Waals surface area contributed by atoms with E-state index in [0.717, 1.165) is 28.5 Å². The molecule has 2 N–H and O–H groups in total. The van der Waals surface area contributed by atoms with Crippen molar-refractivity contribution in [2.45, 2.75) is 6.92 Å². The smallest absolute Gasteiger partial charge is 0.135 e. The molecule has 23 heavy (non-hydrogen) atoms. The molecule has 0 fully saturated rings. The van der Waals surface area contributed by atoms with Crippen LogP contribution in [0.25, 0.3) is 0 Å². The Kier molecular flexibility index (Phi) is 4.38. The first-order valence-electron chi connectivity index (χ1n) is 7.30. The highest BCUT2D eigenvalue weighted by atomic mass is 16.5. The Labute approximate surface area is 135 Å². The summed E-state index contributed by atoms with van der Waals surface area (Å²) in [7, 11) is 1.65. The van der Waals surface area contributed by atoms with E-state index in [1.54, 1.807) is 7.11 Å². The summed E-state index contributed by atoms with van der Waals surface area (Å²) in [6.07, 6.45) is 1.53. The Bertz CT molecular complexity index is 804. The number of hydrogen-bond donors (Lipinski definition) is 2. The van der Waals surface area contributed by atoms with Crippen LogP contribution >= 0.6 is 0 Å². The third kappa shape index (κ3) is 3.77. The number of aromatic nitrogens is 2. The van der Waals surface area contributed by atoms with Crippen LogP contribution in [0.15, 0.2) is 60.9 Å². The minimum atomic E-state index is 0.712. The van der Waals surface area contributed by atoms with Gasteiger partial charge >= 0.3 is 0 Å². The average molecular weight is 306 g/mol. The summed E-state index contributed by atoms with van der Waals surface area (Å²) in [5.74, 6) is 2.24. The zero-order chi connectivity index (χ0) is 16.1. The Morgan fingerprint density at radius 3 is 2.43 bits per heavy atom.